The van der Waals surface area contributed by atoms with E-state index in [2.05, 4.69) is 10.6 Å². The Hall–Kier alpha value is -4.58. The van der Waals surface area contributed by atoms with Gasteiger partial charge < -0.3 is 9.47 Å². The predicted molar refractivity (Wildman–Crippen MR) is 163 cm³/mol. The van der Waals surface area contributed by atoms with Gasteiger partial charge in [-0.2, -0.15) is 0 Å². The molecule has 1 amide bonds. The van der Waals surface area contributed by atoms with E-state index in [1.54, 1.807) is 18.2 Å². The minimum absolute atomic E-state index is 0.0177. The summed E-state index contributed by atoms with van der Waals surface area (Å²) in [5.74, 6) is 0.685. The van der Waals surface area contributed by atoms with Gasteiger partial charge in [-0.05, 0) is 103 Å². The number of benzene rings is 4. The molecular weight excluding hydrogens is 528 g/mol. The third-order valence-corrected chi connectivity index (χ3v) is 8.25. The number of imidazole rings is 1. The number of hydrogen-bond donors (Lipinski definition) is 0. The summed E-state index contributed by atoms with van der Waals surface area (Å²) < 4.78 is 30.0. The van der Waals surface area contributed by atoms with Gasteiger partial charge in [-0.15, -0.1) is 0 Å². The fourth-order valence-corrected chi connectivity index (χ4v) is 6.15. The number of allylic oxidation sites excluding steroid dienone is 1. The highest BCUT2D eigenvalue weighted by Gasteiger charge is 2.28. The van der Waals surface area contributed by atoms with Crippen molar-refractivity contribution in [2.75, 3.05) is 13.1 Å². The van der Waals surface area contributed by atoms with Gasteiger partial charge in [0.2, 0.25) is 0 Å². The van der Waals surface area contributed by atoms with E-state index < -0.39 is 0 Å². The average Bonchev–Trinajstić information content (AvgIpc) is 3.36. The Morgan fingerprint density at radius 1 is 0.881 bits per heavy atom. The van der Waals surface area contributed by atoms with Crippen LogP contribution in [0.5, 0.6) is 0 Å². The number of aromatic nitrogens is 2. The van der Waals surface area contributed by atoms with Gasteiger partial charge in [-0.1, -0.05) is 48.5 Å². The first kappa shape index (κ1) is 27.6. The summed E-state index contributed by atoms with van der Waals surface area (Å²) in [6, 6.07) is 27.1. The topological polar surface area (TPSA) is 38.1 Å². The number of piperidine rings is 1. The Morgan fingerprint density at radius 2 is 1.62 bits per heavy atom. The number of rotatable bonds is 6. The van der Waals surface area contributed by atoms with E-state index in [1.165, 1.54) is 18.2 Å². The van der Waals surface area contributed by atoms with Crippen LogP contribution in [0.4, 0.5) is 8.78 Å². The number of nitrogens with zero attached hydrogens (tertiary/aromatic N) is 3. The van der Waals surface area contributed by atoms with Crippen molar-refractivity contribution in [3.05, 3.63) is 142 Å². The summed E-state index contributed by atoms with van der Waals surface area (Å²) in [5.41, 5.74) is 7.21. The third kappa shape index (κ3) is 5.49. The van der Waals surface area contributed by atoms with Gasteiger partial charge in [-0.3, -0.25) is 4.79 Å². The molecule has 42 heavy (non-hydrogen) atoms. The SMILES string of the molecule is C/C=C(/c1cccc(F)c1)c1ccc(C(=O)N2CCC(c3nc4ccccc4n3Cc3cccc(F)c3)CC2)cc1C. The number of para-hydroxylation sites is 2. The second-order valence-corrected chi connectivity index (χ2v) is 11.0. The zero-order valence-corrected chi connectivity index (χ0v) is 23.9. The van der Waals surface area contributed by atoms with Crippen LogP contribution in [0.2, 0.25) is 0 Å². The number of likely N-dealkylation sites (tertiary alicyclic amines) is 1. The Kier molecular flexibility index (Phi) is 7.70. The molecule has 0 radical (unpaired) electrons. The molecule has 6 heteroatoms. The fraction of sp³-hybridized carbons (Fsp3) is 0.222. The summed E-state index contributed by atoms with van der Waals surface area (Å²) >= 11 is 0. The molecule has 212 valence electrons. The molecule has 5 aromatic rings. The smallest absolute Gasteiger partial charge is 0.253 e. The van der Waals surface area contributed by atoms with Crippen LogP contribution in [0, 0.1) is 18.6 Å². The van der Waals surface area contributed by atoms with E-state index >= 15 is 0 Å². The van der Waals surface area contributed by atoms with Crippen molar-refractivity contribution in [3.8, 4) is 0 Å². The highest BCUT2D eigenvalue weighted by Crippen LogP contribution is 2.32. The van der Waals surface area contributed by atoms with Gasteiger partial charge >= 0.3 is 0 Å². The van der Waals surface area contributed by atoms with E-state index in [0.29, 0.717) is 25.2 Å². The van der Waals surface area contributed by atoms with Gasteiger partial charge in [0.05, 0.1) is 11.0 Å². The van der Waals surface area contributed by atoms with Gasteiger partial charge in [0.15, 0.2) is 0 Å². The number of carbonyl (C=O) groups excluding carboxylic acids is 1. The molecule has 0 saturated carbocycles. The van der Waals surface area contributed by atoms with E-state index in [1.807, 2.05) is 73.4 Å². The first-order valence-electron chi connectivity index (χ1n) is 14.4. The maximum absolute atomic E-state index is 13.9. The van der Waals surface area contributed by atoms with Crippen LogP contribution in [0.15, 0.2) is 97.1 Å². The molecule has 4 aromatic carbocycles. The van der Waals surface area contributed by atoms with Crippen molar-refractivity contribution in [2.45, 2.75) is 39.2 Å². The summed E-state index contributed by atoms with van der Waals surface area (Å²) in [7, 11) is 0. The van der Waals surface area contributed by atoms with Crippen molar-refractivity contribution in [2.24, 2.45) is 0 Å². The molecule has 0 spiro atoms. The number of fused-ring (bicyclic) bond motifs is 1. The standard InChI is InChI=1S/C36H33F2N3O/c1-3-31(27-9-7-11-30(38)22-27)32-15-14-28(20-24(32)2)36(42)40-18-16-26(17-19-40)35-39-33-12-4-5-13-34(33)41(35)23-25-8-6-10-29(37)21-25/h3-15,20-22,26H,16-19,23H2,1-2H3/b31-3-. The Bertz CT molecular complexity index is 1800. The average molecular weight is 562 g/mol. The van der Waals surface area contributed by atoms with Crippen LogP contribution in [-0.2, 0) is 6.54 Å². The molecule has 0 aliphatic carbocycles. The second kappa shape index (κ2) is 11.7. The second-order valence-electron chi connectivity index (χ2n) is 11.0. The number of halogens is 2. The lowest BCUT2D eigenvalue weighted by atomic mass is 9.92. The Labute approximate surface area is 244 Å². The molecule has 2 heterocycles. The van der Waals surface area contributed by atoms with E-state index in [4.69, 9.17) is 4.98 Å². The van der Waals surface area contributed by atoms with Crippen molar-refractivity contribution in [1.29, 1.82) is 0 Å². The monoisotopic (exact) mass is 561 g/mol. The van der Waals surface area contributed by atoms with Gasteiger partial charge in [0.1, 0.15) is 17.5 Å². The predicted octanol–water partition coefficient (Wildman–Crippen LogP) is 8.14. The number of amides is 1. The molecule has 1 fully saturated rings. The van der Waals surface area contributed by atoms with Crippen LogP contribution < -0.4 is 0 Å². The van der Waals surface area contributed by atoms with Crippen molar-refractivity contribution < 1.29 is 13.6 Å². The van der Waals surface area contributed by atoms with Crippen LogP contribution in [0.3, 0.4) is 0 Å². The number of aryl methyl sites for hydroxylation is 1. The maximum Gasteiger partial charge on any atom is 0.253 e. The number of hydrogen-bond acceptors (Lipinski definition) is 2. The Balaban J connectivity index is 1.19. The highest BCUT2D eigenvalue weighted by molar-refractivity contribution is 5.95. The minimum atomic E-state index is -0.274. The molecule has 4 nitrogen and oxygen atoms in total. The summed E-state index contributed by atoms with van der Waals surface area (Å²) in [5, 5.41) is 0. The molecule has 1 saturated heterocycles. The van der Waals surface area contributed by atoms with E-state index in [9.17, 15) is 13.6 Å². The zero-order valence-electron chi connectivity index (χ0n) is 23.9. The van der Waals surface area contributed by atoms with Gasteiger partial charge in [0.25, 0.3) is 5.91 Å². The molecular formula is C36H33F2N3O. The third-order valence-electron chi connectivity index (χ3n) is 8.25. The molecule has 1 aromatic heterocycles. The first-order chi connectivity index (χ1) is 20.4. The first-order valence-corrected chi connectivity index (χ1v) is 14.4. The normalized spacial score (nSPS) is 14.5. The van der Waals surface area contributed by atoms with Crippen molar-refractivity contribution in [1.82, 2.24) is 14.5 Å². The van der Waals surface area contributed by atoms with Crippen LogP contribution in [-0.4, -0.2) is 33.4 Å². The Morgan fingerprint density at radius 3 is 2.33 bits per heavy atom. The quantitative estimate of drug-likeness (QED) is 0.210. The van der Waals surface area contributed by atoms with E-state index in [-0.39, 0.29) is 23.5 Å². The molecule has 6 rings (SSSR count). The number of carbonyl (C=O) groups is 1. The van der Waals surface area contributed by atoms with E-state index in [0.717, 1.165) is 57.5 Å². The van der Waals surface area contributed by atoms with Crippen LogP contribution in [0.1, 0.15) is 64.1 Å². The summed E-state index contributed by atoms with van der Waals surface area (Å²) in [6.45, 7) is 5.75. The summed E-state index contributed by atoms with van der Waals surface area (Å²) in [6.07, 6.45) is 3.58. The lowest BCUT2D eigenvalue weighted by Gasteiger charge is -2.32. The molecule has 0 N–H and O–H groups in total. The van der Waals surface area contributed by atoms with Crippen LogP contribution in [0.25, 0.3) is 16.6 Å². The lowest BCUT2D eigenvalue weighted by molar-refractivity contribution is 0.0710. The maximum atomic E-state index is 13.9. The summed E-state index contributed by atoms with van der Waals surface area (Å²) in [4.78, 5) is 20.5. The highest BCUT2D eigenvalue weighted by atomic mass is 19.1. The largest absolute Gasteiger partial charge is 0.339 e. The molecule has 1 aliphatic heterocycles. The molecule has 1 aliphatic rings. The van der Waals surface area contributed by atoms with Crippen molar-refractivity contribution >= 4 is 22.5 Å². The van der Waals surface area contributed by atoms with Gasteiger partial charge in [0, 0.05) is 31.1 Å². The van der Waals surface area contributed by atoms with Crippen LogP contribution >= 0.6 is 0 Å². The molecule has 0 unspecified atom stereocenters. The lowest BCUT2D eigenvalue weighted by Crippen LogP contribution is -2.38. The van der Waals surface area contributed by atoms with Crippen molar-refractivity contribution in [3.63, 3.8) is 0 Å². The molecule has 0 bridgehead atoms. The zero-order chi connectivity index (χ0) is 29.2. The van der Waals surface area contributed by atoms with Gasteiger partial charge in [-0.25, -0.2) is 13.8 Å². The fourth-order valence-electron chi connectivity index (χ4n) is 6.15. The molecule has 0 atom stereocenters. The minimum Gasteiger partial charge on any atom is -0.339 e.